The van der Waals surface area contributed by atoms with Crippen molar-refractivity contribution in [2.24, 2.45) is 11.8 Å². The predicted molar refractivity (Wildman–Crippen MR) is 83.2 cm³/mol. The molecule has 3 unspecified atom stereocenters. The van der Waals surface area contributed by atoms with Gasteiger partial charge in [0.15, 0.2) is 0 Å². The quantitative estimate of drug-likeness (QED) is 0.761. The van der Waals surface area contributed by atoms with Crippen molar-refractivity contribution in [3.8, 4) is 0 Å². The lowest BCUT2D eigenvalue weighted by Crippen LogP contribution is -2.37. The minimum Gasteiger partial charge on any atom is -0.376 e. The lowest BCUT2D eigenvalue weighted by molar-refractivity contribution is -0.127. The Morgan fingerprint density at radius 2 is 1.64 bits per heavy atom. The molecular formula is C17H28N2O3. The zero-order chi connectivity index (χ0) is 15.4. The molecule has 2 saturated carbocycles. The van der Waals surface area contributed by atoms with Crippen molar-refractivity contribution in [2.75, 3.05) is 13.2 Å². The highest BCUT2D eigenvalue weighted by Gasteiger charge is 2.48. The van der Waals surface area contributed by atoms with E-state index >= 15 is 0 Å². The van der Waals surface area contributed by atoms with Gasteiger partial charge in [0.25, 0.3) is 0 Å². The molecule has 3 fully saturated rings. The summed E-state index contributed by atoms with van der Waals surface area (Å²) in [6, 6.07) is 0.325. The summed E-state index contributed by atoms with van der Waals surface area (Å²) in [5, 5.41) is 6.10. The lowest BCUT2D eigenvalue weighted by Gasteiger charge is -2.16. The second kappa shape index (κ2) is 7.44. The van der Waals surface area contributed by atoms with Crippen molar-refractivity contribution in [1.82, 2.24) is 10.6 Å². The fraction of sp³-hybridized carbons (Fsp3) is 0.882. The van der Waals surface area contributed by atoms with E-state index < -0.39 is 0 Å². The summed E-state index contributed by atoms with van der Waals surface area (Å²) in [4.78, 5) is 24.3. The molecule has 2 aliphatic carbocycles. The Morgan fingerprint density at radius 1 is 0.909 bits per heavy atom. The van der Waals surface area contributed by atoms with Gasteiger partial charge in [0.2, 0.25) is 11.8 Å². The van der Waals surface area contributed by atoms with Crippen molar-refractivity contribution >= 4 is 11.8 Å². The summed E-state index contributed by atoms with van der Waals surface area (Å²) in [6.07, 6.45) is 10.1. The van der Waals surface area contributed by atoms with Crippen LogP contribution in [0, 0.1) is 11.8 Å². The molecule has 2 N–H and O–H groups in total. The highest BCUT2D eigenvalue weighted by molar-refractivity contribution is 5.92. The van der Waals surface area contributed by atoms with E-state index in [1.807, 2.05) is 0 Å². The van der Waals surface area contributed by atoms with Crippen LogP contribution in [0.4, 0.5) is 0 Å². The molecule has 124 valence electrons. The molecule has 0 aromatic carbocycles. The maximum atomic E-state index is 12.2. The minimum absolute atomic E-state index is 0.0246. The Bertz CT molecular complexity index is 399. The molecular weight excluding hydrogens is 280 g/mol. The third kappa shape index (κ3) is 4.22. The molecule has 1 saturated heterocycles. The zero-order valence-electron chi connectivity index (χ0n) is 13.3. The van der Waals surface area contributed by atoms with E-state index in [9.17, 15) is 9.59 Å². The van der Waals surface area contributed by atoms with Crippen LogP contribution in [0.5, 0.6) is 0 Å². The van der Waals surface area contributed by atoms with E-state index in [0.717, 1.165) is 32.3 Å². The van der Waals surface area contributed by atoms with Gasteiger partial charge in [-0.3, -0.25) is 9.59 Å². The van der Waals surface area contributed by atoms with Crippen LogP contribution in [0.1, 0.15) is 57.8 Å². The number of nitrogens with one attached hydrogen (secondary N) is 2. The van der Waals surface area contributed by atoms with Crippen LogP contribution >= 0.6 is 0 Å². The summed E-state index contributed by atoms with van der Waals surface area (Å²) in [5.74, 6) is -0.111. The van der Waals surface area contributed by atoms with E-state index in [1.54, 1.807) is 0 Å². The van der Waals surface area contributed by atoms with Crippen LogP contribution in [0.25, 0.3) is 0 Å². The molecule has 0 bridgehead atoms. The summed E-state index contributed by atoms with van der Waals surface area (Å²) < 4.78 is 5.50. The van der Waals surface area contributed by atoms with Crippen molar-refractivity contribution < 1.29 is 14.3 Å². The van der Waals surface area contributed by atoms with E-state index in [0.29, 0.717) is 19.0 Å². The Morgan fingerprint density at radius 3 is 2.32 bits per heavy atom. The number of hydrogen-bond donors (Lipinski definition) is 2. The predicted octanol–water partition coefficient (Wildman–Crippen LogP) is 1.76. The second-order valence-electron chi connectivity index (χ2n) is 7.03. The molecule has 0 radical (unpaired) electrons. The maximum absolute atomic E-state index is 12.2. The molecule has 3 atom stereocenters. The monoisotopic (exact) mass is 308 g/mol. The summed E-state index contributed by atoms with van der Waals surface area (Å²) >= 11 is 0. The van der Waals surface area contributed by atoms with Gasteiger partial charge in [0.1, 0.15) is 0 Å². The topological polar surface area (TPSA) is 67.4 Å². The van der Waals surface area contributed by atoms with Crippen LogP contribution in [0.3, 0.4) is 0 Å². The molecule has 1 heterocycles. The van der Waals surface area contributed by atoms with Gasteiger partial charge in [-0.25, -0.2) is 0 Å². The Hall–Kier alpha value is -1.10. The molecule has 0 aromatic heterocycles. The van der Waals surface area contributed by atoms with Crippen LogP contribution < -0.4 is 10.6 Å². The first-order chi connectivity index (χ1) is 10.7. The van der Waals surface area contributed by atoms with Crippen LogP contribution in [-0.4, -0.2) is 37.1 Å². The van der Waals surface area contributed by atoms with E-state index in [1.165, 1.54) is 25.7 Å². The Labute approximate surface area is 132 Å². The Balaban J connectivity index is 1.36. The van der Waals surface area contributed by atoms with E-state index in [2.05, 4.69) is 10.6 Å². The van der Waals surface area contributed by atoms with Gasteiger partial charge < -0.3 is 15.4 Å². The fourth-order valence-electron chi connectivity index (χ4n) is 3.66. The average molecular weight is 308 g/mol. The van der Waals surface area contributed by atoms with Crippen LogP contribution in [0.15, 0.2) is 0 Å². The van der Waals surface area contributed by atoms with Crippen molar-refractivity contribution in [3.63, 3.8) is 0 Å². The van der Waals surface area contributed by atoms with Crippen molar-refractivity contribution in [3.05, 3.63) is 0 Å². The van der Waals surface area contributed by atoms with Crippen LogP contribution in [0.2, 0.25) is 0 Å². The Kier molecular flexibility index (Phi) is 5.34. The molecule has 0 spiro atoms. The van der Waals surface area contributed by atoms with Gasteiger partial charge in [0.05, 0.1) is 17.9 Å². The molecule has 5 heteroatoms. The number of carbonyl (C=O) groups is 2. The normalized spacial score (nSPS) is 32.3. The number of rotatable bonds is 5. The van der Waals surface area contributed by atoms with Crippen LogP contribution in [-0.2, 0) is 14.3 Å². The average Bonchev–Trinajstić information content (AvgIpc) is 3.22. The lowest BCUT2D eigenvalue weighted by atomic mass is 10.1. The van der Waals surface area contributed by atoms with Gasteiger partial charge in [-0.15, -0.1) is 0 Å². The summed E-state index contributed by atoms with van der Waals surface area (Å²) in [7, 11) is 0. The van der Waals surface area contributed by atoms with Crippen molar-refractivity contribution in [2.45, 2.75) is 69.9 Å². The van der Waals surface area contributed by atoms with Gasteiger partial charge in [-0.2, -0.15) is 0 Å². The third-order valence-electron chi connectivity index (χ3n) is 5.19. The first-order valence-electron chi connectivity index (χ1n) is 8.94. The van der Waals surface area contributed by atoms with E-state index in [-0.39, 0.29) is 29.8 Å². The molecule has 2 amide bonds. The molecule has 3 rings (SSSR count). The van der Waals surface area contributed by atoms with E-state index in [4.69, 9.17) is 4.74 Å². The summed E-state index contributed by atoms with van der Waals surface area (Å²) in [6.45, 7) is 1.39. The largest absolute Gasteiger partial charge is 0.376 e. The smallest absolute Gasteiger partial charge is 0.224 e. The molecule has 3 aliphatic rings. The molecule has 1 aliphatic heterocycles. The minimum atomic E-state index is -0.118. The maximum Gasteiger partial charge on any atom is 0.224 e. The molecule has 22 heavy (non-hydrogen) atoms. The van der Waals surface area contributed by atoms with Crippen molar-refractivity contribution in [1.29, 1.82) is 0 Å². The number of ether oxygens (including phenoxy) is 1. The zero-order valence-corrected chi connectivity index (χ0v) is 13.3. The fourth-order valence-corrected chi connectivity index (χ4v) is 3.66. The van der Waals surface area contributed by atoms with Gasteiger partial charge >= 0.3 is 0 Å². The second-order valence-corrected chi connectivity index (χ2v) is 7.03. The third-order valence-corrected chi connectivity index (χ3v) is 5.19. The highest BCUT2D eigenvalue weighted by Crippen LogP contribution is 2.39. The van der Waals surface area contributed by atoms with Gasteiger partial charge in [-0.1, -0.05) is 25.7 Å². The molecule has 0 aromatic rings. The first-order valence-corrected chi connectivity index (χ1v) is 8.94. The van der Waals surface area contributed by atoms with Gasteiger partial charge in [0, 0.05) is 19.2 Å². The number of hydrogen-bond acceptors (Lipinski definition) is 3. The standard InChI is InChI=1S/C17H28N2O3/c20-16(18-11-13-8-5-9-22-13)14-10-15(14)17(21)19-12-6-3-1-2-4-7-12/h12-15H,1-11H2,(H,18,20)(H,19,21). The molecule has 5 nitrogen and oxygen atoms in total. The highest BCUT2D eigenvalue weighted by atomic mass is 16.5. The number of amides is 2. The first kappa shape index (κ1) is 15.8. The summed E-state index contributed by atoms with van der Waals surface area (Å²) in [5.41, 5.74) is 0. The van der Waals surface area contributed by atoms with Gasteiger partial charge in [-0.05, 0) is 32.1 Å². The number of carbonyl (C=O) groups excluding carboxylic acids is 2. The SMILES string of the molecule is O=C(NCC1CCCO1)C1CC1C(=O)NC1CCCCCC1.